The molecule has 3 aromatic carbocycles. The van der Waals surface area contributed by atoms with Crippen LogP contribution in [0.5, 0.6) is 5.75 Å². The van der Waals surface area contributed by atoms with Crippen molar-refractivity contribution in [3.8, 4) is 16.9 Å². The molecule has 6 rings (SSSR count). The maximum Gasteiger partial charge on any atom is 0.337 e. The Balaban J connectivity index is 1.33. The predicted octanol–water partition coefficient (Wildman–Crippen LogP) is 10.4. The smallest absolute Gasteiger partial charge is 0.337 e. The molecular weight excluding hydrogens is 693 g/mol. The standard InChI is InChI=1S/C43H51Cl2N3O4/c1-27-36(38(48-19-16-43(6,7)17-20-48)37(28(2)46-27)40(41(49)50)52-42(3,4)5)31-13-14-32-24-47(18-15-30(32)21-31)25-33-22-34(44)23-35(45)39(33)51-26-29-11-9-8-10-12-29/h8-14,21-23,40H,15-20,24-26H2,1-7H3,(H,49,50)/t40-/m0/s1. The second kappa shape index (κ2) is 15.4. The molecule has 0 unspecified atom stereocenters. The number of aryl methyl sites for hydroxylation is 2. The third-order valence-electron chi connectivity index (χ3n) is 10.3. The Bertz CT molecular complexity index is 1930. The average Bonchev–Trinajstić information content (AvgIpc) is 3.06. The average molecular weight is 745 g/mol. The molecule has 9 heteroatoms. The summed E-state index contributed by atoms with van der Waals surface area (Å²) in [5, 5.41) is 11.7. The van der Waals surface area contributed by atoms with Crippen LogP contribution in [0.15, 0.2) is 60.7 Å². The summed E-state index contributed by atoms with van der Waals surface area (Å²) < 4.78 is 12.6. The van der Waals surface area contributed by atoms with Gasteiger partial charge >= 0.3 is 5.97 Å². The molecule has 0 aliphatic carbocycles. The van der Waals surface area contributed by atoms with E-state index in [4.69, 9.17) is 37.7 Å². The highest BCUT2D eigenvalue weighted by Gasteiger charge is 2.36. The highest BCUT2D eigenvalue weighted by atomic mass is 35.5. The Labute approximate surface area is 318 Å². The number of rotatable bonds is 10. The van der Waals surface area contributed by atoms with Crippen LogP contribution in [0.4, 0.5) is 5.69 Å². The lowest BCUT2D eigenvalue weighted by atomic mass is 9.81. The van der Waals surface area contributed by atoms with E-state index in [0.29, 0.717) is 40.2 Å². The number of piperidine rings is 1. The van der Waals surface area contributed by atoms with Gasteiger partial charge in [0.2, 0.25) is 0 Å². The zero-order valence-corrected chi connectivity index (χ0v) is 33.0. The van der Waals surface area contributed by atoms with Gasteiger partial charge in [-0.2, -0.15) is 0 Å². The Morgan fingerprint density at radius 1 is 0.962 bits per heavy atom. The van der Waals surface area contributed by atoms with Gasteiger partial charge in [-0.25, -0.2) is 4.79 Å². The minimum atomic E-state index is -1.15. The Hall–Kier alpha value is -3.62. The van der Waals surface area contributed by atoms with E-state index in [2.05, 4.69) is 41.8 Å². The molecular formula is C43H51Cl2N3O4. The van der Waals surface area contributed by atoms with E-state index in [1.165, 1.54) is 11.1 Å². The quantitative estimate of drug-likeness (QED) is 0.173. The maximum absolute atomic E-state index is 12.9. The lowest BCUT2D eigenvalue weighted by Crippen LogP contribution is -2.39. The van der Waals surface area contributed by atoms with E-state index in [-0.39, 0.29) is 5.41 Å². The molecule has 1 saturated heterocycles. The van der Waals surface area contributed by atoms with Crippen molar-refractivity contribution >= 4 is 34.9 Å². The topological polar surface area (TPSA) is 75.1 Å². The summed E-state index contributed by atoms with van der Waals surface area (Å²) in [5.41, 5.74) is 9.35. The number of pyridine rings is 1. The minimum absolute atomic E-state index is 0.227. The molecule has 0 amide bonds. The fourth-order valence-electron chi connectivity index (χ4n) is 7.52. The summed E-state index contributed by atoms with van der Waals surface area (Å²) in [6.07, 6.45) is 1.74. The molecule has 3 heterocycles. The van der Waals surface area contributed by atoms with Crippen LogP contribution in [0.3, 0.4) is 0 Å². The lowest BCUT2D eigenvalue weighted by molar-refractivity contribution is -0.160. The number of hydrogen-bond donors (Lipinski definition) is 1. The molecule has 0 radical (unpaired) electrons. The molecule has 2 aliphatic heterocycles. The zero-order valence-electron chi connectivity index (χ0n) is 31.5. The highest BCUT2D eigenvalue weighted by molar-refractivity contribution is 6.35. The number of carbonyl (C=O) groups is 1. The van der Waals surface area contributed by atoms with E-state index in [1.807, 2.05) is 71.0 Å². The molecule has 0 spiro atoms. The van der Waals surface area contributed by atoms with Gasteiger partial charge in [-0.1, -0.05) is 85.6 Å². The molecule has 2 aliphatic rings. The van der Waals surface area contributed by atoms with Crippen LogP contribution >= 0.6 is 23.2 Å². The van der Waals surface area contributed by atoms with Crippen molar-refractivity contribution in [3.63, 3.8) is 0 Å². The normalized spacial score (nSPS) is 16.8. The van der Waals surface area contributed by atoms with Gasteiger partial charge < -0.3 is 19.5 Å². The highest BCUT2D eigenvalue weighted by Crippen LogP contribution is 2.45. The molecule has 1 N–H and O–H groups in total. The molecule has 0 bridgehead atoms. The van der Waals surface area contributed by atoms with Crippen molar-refractivity contribution in [2.75, 3.05) is 24.5 Å². The lowest BCUT2D eigenvalue weighted by Gasteiger charge is -2.41. The fraction of sp³-hybridized carbons (Fsp3) is 0.442. The first-order chi connectivity index (χ1) is 24.6. The van der Waals surface area contributed by atoms with Gasteiger partial charge in [0.1, 0.15) is 12.4 Å². The first kappa shape index (κ1) is 38.1. The van der Waals surface area contributed by atoms with Gasteiger partial charge in [-0.15, -0.1) is 0 Å². The molecule has 1 fully saturated rings. The number of carboxylic acids is 1. The zero-order chi connectivity index (χ0) is 37.4. The maximum atomic E-state index is 12.9. The summed E-state index contributed by atoms with van der Waals surface area (Å²) in [6, 6.07) is 20.4. The number of nitrogens with zero attached hydrogens (tertiary/aromatic N) is 3. The van der Waals surface area contributed by atoms with Gasteiger partial charge in [0.15, 0.2) is 6.10 Å². The summed E-state index contributed by atoms with van der Waals surface area (Å²) in [6.45, 7) is 18.6. The first-order valence-electron chi connectivity index (χ1n) is 18.2. The number of benzene rings is 3. The Kier molecular flexibility index (Phi) is 11.3. The first-order valence-corrected chi connectivity index (χ1v) is 19.0. The number of ether oxygens (including phenoxy) is 2. The van der Waals surface area contributed by atoms with Crippen molar-refractivity contribution in [3.05, 3.63) is 110 Å². The van der Waals surface area contributed by atoms with E-state index >= 15 is 0 Å². The predicted molar refractivity (Wildman–Crippen MR) is 211 cm³/mol. The van der Waals surface area contributed by atoms with E-state index in [9.17, 15) is 9.90 Å². The van der Waals surface area contributed by atoms with Gasteiger partial charge in [-0.05, 0) is 93.7 Å². The van der Waals surface area contributed by atoms with Crippen molar-refractivity contribution < 1.29 is 19.4 Å². The van der Waals surface area contributed by atoms with Gasteiger partial charge in [0.05, 0.1) is 16.3 Å². The van der Waals surface area contributed by atoms with Crippen LogP contribution in [0.25, 0.3) is 11.1 Å². The Morgan fingerprint density at radius 3 is 2.35 bits per heavy atom. The molecule has 7 nitrogen and oxygen atoms in total. The molecule has 1 aromatic heterocycles. The monoisotopic (exact) mass is 743 g/mol. The van der Waals surface area contributed by atoms with Crippen LogP contribution in [0.2, 0.25) is 10.0 Å². The fourth-order valence-corrected chi connectivity index (χ4v) is 8.11. The number of aliphatic carboxylic acids is 1. The summed E-state index contributed by atoms with van der Waals surface area (Å²) in [5.74, 6) is -0.341. The number of carboxylic acid groups (broad SMARTS) is 1. The third-order valence-corrected chi connectivity index (χ3v) is 10.8. The van der Waals surface area contributed by atoms with Crippen LogP contribution in [0, 0.1) is 19.3 Å². The number of hydrogen-bond acceptors (Lipinski definition) is 6. The van der Waals surface area contributed by atoms with Crippen LogP contribution in [0.1, 0.15) is 92.8 Å². The Morgan fingerprint density at radius 2 is 1.67 bits per heavy atom. The van der Waals surface area contributed by atoms with Crippen molar-refractivity contribution in [2.45, 2.75) is 99.1 Å². The summed E-state index contributed by atoms with van der Waals surface area (Å²) in [7, 11) is 0. The van der Waals surface area contributed by atoms with Crippen molar-refractivity contribution in [1.82, 2.24) is 9.88 Å². The van der Waals surface area contributed by atoms with Crippen molar-refractivity contribution in [2.24, 2.45) is 5.41 Å². The number of halogens is 2. The van der Waals surface area contributed by atoms with Gasteiger partial charge in [0.25, 0.3) is 0 Å². The number of anilines is 1. The minimum Gasteiger partial charge on any atom is -0.487 e. The van der Waals surface area contributed by atoms with Gasteiger partial charge in [-0.3, -0.25) is 9.88 Å². The number of fused-ring (bicyclic) bond motifs is 1. The second-order valence-corrected chi connectivity index (χ2v) is 17.0. The number of aromatic nitrogens is 1. The van der Waals surface area contributed by atoms with Crippen LogP contribution in [-0.2, 0) is 35.6 Å². The molecule has 0 saturated carbocycles. The van der Waals surface area contributed by atoms with Crippen molar-refractivity contribution in [1.29, 1.82) is 0 Å². The van der Waals surface area contributed by atoms with E-state index < -0.39 is 17.7 Å². The van der Waals surface area contributed by atoms with Crippen LogP contribution in [-0.4, -0.2) is 46.2 Å². The second-order valence-electron chi connectivity index (χ2n) is 16.1. The molecule has 276 valence electrons. The summed E-state index contributed by atoms with van der Waals surface area (Å²) in [4.78, 5) is 22.7. The third kappa shape index (κ3) is 8.77. The van der Waals surface area contributed by atoms with E-state index in [0.717, 1.165) is 79.1 Å². The molecule has 4 aromatic rings. The summed E-state index contributed by atoms with van der Waals surface area (Å²) >= 11 is 13.2. The van der Waals surface area contributed by atoms with Gasteiger partial charge in [0, 0.05) is 65.8 Å². The van der Waals surface area contributed by atoms with E-state index in [1.54, 1.807) is 6.07 Å². The molecule has 1 atom stereocenters. The molecule has 52 heavy (non-hydrogen) atoms. The SMILES string of the molecule is Cc1nc(C)c([C@H](OC(C)(C)C)C(=O)O)c(N2CCC(C)(C)CC2)c1-c1ccc2c(c1)CCN(Cc1cc(Cl)cc(Cl)c1OCc1ccccc1)C2. The largest absolute Gasteiger partial charge is 0.487 e. The van der Waals surface area contributed by atoms with Crippen LogP contribution < -0.4 is 9.64 Å².